The first kappa shape index (κ1) is 33.7. The lowest BCUT2D eigenvalue weighted by atomic mass is 9.51. The van der Waals surface area contributed by atoms with E-state index in [1.807, 2.05) is 52.0 Å². The number of hydrogen-bond acceptors (Lipinski definition) is 8. The summed E-state index contributed by atoms with van der Waals surface area (Å²) in [4.78, 5) is 61.3. The number of aromatic hydroxyl groups is 1. The lowest BCUT2D eigenvalue weighted by Crippen LogP contribution is -2.49. The fourth-order valence-electron chi connectivity index (χ4n) is 9.34. The van der Waals surface area contributed by atoms with Gasteiger partial charge in [-0.2, -0.15) is 5.10 Å². The van der Waals surface area contributed by atoms with Crippen LogP contribution in [0.4, 0.5) is 5.82 Å². The summed E-state index contributed by atoms with van der Waals surface area (Å²) in [5.41, 5.74) is 0.811. The molecule has 2 aliphatic heterocycles. The van der Waals surface area contributed by atoms with Gasteiger partial charge >= 0.3 is 0 Å². The number of thiophene rings is 1. The minimum absolute atomic E-state index is 0.0450. The summed E-state index contributed by atoms with van der Waals surface area (Å²) in [5, 5.41) is 17.8. The van der Waals surface area contributed by atoms with Gasteiger partial charge in [0.05, 0.1) is 35.2 Å². The molecule has 4 amide bonds. The normalized spacial score (nSPS) is 27.6. The number of amides is 4. The zero-order valence-electron chi connectivity index (χ0n) is 29.5. The maximum Gasteiger partial charge on any atom is 0.242 e. The number of methoxy groups -OCH3 is 1. The van der Waals surface area contributed by atoms with Crippen LogP contribution in [-0.2, 0) is 26.2 Å². The van der Waals surface area contributed by atoms with Gasteiger partial charge in [0.2, 0.25) is 23.6 Å². The van der Waals surface area contributed by atoms with Gasteiger partial charge < -0.3 is 9.84 Å². The second-order valence-corrected chi connectivity index (χ2v) is 17.0. The van der Waals surface area contributed by atoms with Crippen molar-refractivity contribution in [3.05, 3.63) is 70.3 Å². The maximum absolute atomic E-state index is 15.0. The van der Waals surface area contributed by atoms with Crippen molar-refractivity contribution in [3.63, 3.8) is 0 Å². The molecule has 8 rings (SSSR count). The second kappa shape index (κ2) is 11.3. The number of rotatable bonds is 4. The van der Waals surface area contributed by atoms with Crippen LogP contribution >= 0.6 is 22.9 Å². The highest BCUT2D eigenvalue weighted by Crippen LogP contribution is 2.65. The third-order valence-corrected chi connectivity index (χ3v) is 13.2. The third kappa shape index (κ3) is 4.63. The summed E-state index contributed by atoms with van der Waals surface area (Å²) in [7, 11) is 3.24. The molecule has 3 fully saturated rings. The topological polar surface area (TPSA) is 122 Å². The van der Waals surface area contributed by atoms with E-state index in [4.69, 9.17) is 21.4 Å². The van der Waals surface area contributed by atoms with Crippen molar-refractivity contribution in [3.8, 4) is 22.1 Å². The zero-order chi connectivity index (χ0) is 36.5. The van der Waals surface area contributed by atoms with E-state index in [9.17, 15) is 19.5 Å². The van der Waals surface area contributed by atoms with Gasteiger partial charge in [0, 0.05) is 39.9 Å². The summed E-state index contributed by atoms with van der Waals surface area (Å²) in [6, 6.07) is 12.4. The van der Waals surface area contributed by atoms with E-state index >= 15 is 4.79 Å². The molecule has 1 N–H and O–H groups in total. The van der Waals surface area contributed by atoms with Crippen LogP contribution < -0.4 is 9.64 Å². The lowest BCUT2D eigenvalue weighted by Gasteiger charge is -2.49. The van der Waals surface area contributed by atoms with Gasteiger partial charge in [-0.1, -0.05) is 23.3 Å². The number of carbonyl (C=O) groups excluding carboxylic acids is 4. The fraction of sp³-hybridized carbons (Fsp3) is 0.410. The molecule has 4 aromatic rings. The average Bonchev–Trinajstić information content (AvgIpc) is 3.75. The van der Waals surface area contributed by atoms with Crippen molar-refractivity contribution in [2.75, 3.05) is 12.0 Å². The zero-order valence-corrected chi connectivity index (χ0v) is 31.1. The molecule has 10 nitrogen and oxygen atoms in total. The van der Waals surface area contributed by atoms with Crippen LogP contribution in [0.2, 0.25) is 5.02 Å². The van der Waals surface area contributed by atoms with Gasteiger partial charge in [-0.25, -0.2) is 4.90 Å². The van der Waals surface area contributed by atoms with Crippen LogP contribution in [0.5, 0.6) is 11.5 Å². The first-order chi connectivity index (χ1) is 24.1. The highest BCUT2D eigenvalue weighted by Gasteiger charge is 2.68. The molecule has 6 atom stereocenters. The Morgan fingerprint density at radius 3 is 2.47 bits per heavy atom. The van der Waals surface area contributed by atoms with Crippen LogP contribution in [0, 0.1) is 36.0 Å². The molecule has 12 heteroatoms. The average molecular weight is 727 g/mol. The Balaban J connectivity index is 1.27. The van der Waals surface area contributed by atoms with E-state index in [2.05, 4.69) is 0 Å². The van der Waals surface area contributed by atoms with Crippen molar-refractivity contribution >= 4 is 62.5 Å². The lowest BCUT2D eigenvalue weighted by molar-refractivity contribution is -0.145. The Morgan fingerprint density at radius 1 is 1.02 bits per heavy atom. The highest BCUT2D eigenvalue weighted by molar-refractivity contribution is 7.22. The minimum atomic E-state index is -1.33. The summed E-state index contributed by atoms with van der Waals surface area (Å²) < 4.78 is 8.16. The number of hydrogen-bond donors (Lipinski definition) is 1. The fourth-order valence-corrected chi connectivity index (χ4v) is 10.7. The van der Waals surface area contributed by atoms with E-state index in [1.165, 1.54) is 23.0 Å². The second-order valence-electron chi connectivity index (χ2n) is 15.5. The molecule has 4 heterocycles. The summed E-state index contributed by atoms with van der Waals surface area (Å²) >= 11 is 7.87. The first-order valence-electron chi connectivity index (χ1n) is 17.1. The quantitative estimate of drug-likeness (QED) is 0.177. The van der Waals surface area contributed by atoms with Crippen molar-refractivity contribution in [2.45, 2.75) is 58.9 Å². The number of halogens is 1. The number of aromatic nitrogens is 2. The summed E-state index contributed by atoms with van der Waals surface area (Å²) in [6.07, 6.45) is 2.52. The Kier molecular flexibility index (Phi) is 7.43. The van der Waals surface area contributed by atoms with E-state index in [-0.39, 0.29) is 24.0 Å². The molecule has 51 heavy (non-hydrogen) atoms. The van der Waals surface area contributed by atoms with E-state index in [0.717, 1.165) is 26.1 Å². The van der Waals surface area contributed by atoms with Crippen molar-refractivity contribution in [1.82, 2.24) is 14.7 Å². The van der Waals surface area contributed by atoms with Crippen LogP contribution in [0.25, 0.3) is 20.7 Å². The highest BCUT2D eigenvalue weighted by atomic mass is 35.5. The number of benzene rings is 2. The van der Waals surface area contributed by atoms with Crippen LogP contribution in [0.3, 0.4) is 0 Å². The number of allylic oxidation sites excluding steroid dienone is 2. The molecule has 4 aliphatic rings. The molecule has 2 aliphatic carbocycles. The Labute approximate surface area is 304 Å². The molecular formula is C39H39ClN4O6S. The Hall–Kier alpha value is -4.48. The van der Waals surface area contributed by atoms with E-state index < -0.39 is 52.4 Å². The minimum Gasteiger partial charge on any atom is -0.508 e. The molecule has 2 aromatic carbocycles. The molecule has 0 spiro atoms. The van der Waals surface area contributed by atoms with E-state index in [0.29, 0.717) is 34.3 Å². The van der Waals surface area contributed by atoms with Crippen LogP contribution in [0.1, 0.15) is 57.6 Å². The van der Waals surface area contributed by atoms with Gasteiger partial charge in [-0.05, 0) is 101 Å². The molecule has 0 bridgehead atoms. The molecule has 1 saturated carbocycles. The van der Waals surface area contributed by atoms with Gasteiger partial charge in [0.1, 0.15) is 23.0 Å². The number of nitrogens with zero attached hydrogens (tertiary/aromatic N) is 4. The molecule has 0 radical (unpaired) electrons. The maximum atomic E-state index is 15.0. The molecule has 6 unspecified atom stereocenters. The monoisotopic (exact) mass is 726 g/mol. The number of phenolic OH excluding ortho intramolecular Hbond substituents is 1. The summed E-state index contributed by atoms with van der Waals surface area (Å²) in [5.74, 6) is -3.85. The smallest absolute Gasteiger partial charge is 0.242 e. The van der Waals surface area contributed by atoms with Gasteiger partial charge in [0.15, 0.2) is 0 Å². The molecule has 2 saturated heterocycles. The SMILES string of the molecule is COc1ccc(O)c(C2C3=CCC4C(=O)N(C(C)(C)C)C(=O)C4C3CC3C(=O)N(c4cc(-c5sc6ccc(Cl)cc6c5C)nn4C)C(=O)C32C)c1. The number of phenols is 1. The van der Waals surface area contributed by atoms with Crippen molar-refractivity contribution in [2.24, 2.45) is 36.1 Å². The molecule has 264 valence electrons. The molecule has 2 aromatic heterocycles. The van der Waals surface area contributed by atoms with Crippen LogP contribution in [0.15, 0.2) is 54.1 Å². The Bertz CT molecular complexity index is 2250. The number of ether oxygens (including phenoxy) is 1. The predicted molar refractivity (Wildman–Crippen MR) is 195 cm³/mol. The van der Waals surface area contributed by atoms with Gasteiger partial charge in [-0.15, -0.1) is 11.3 Å². The predicted octanol–water partition coefficient (Wildman–Crippen LogP) is 7.01. The third-order valence-electron chi connectivity index (χ3n) is 11.7. The van der Waals surface area contributed by atoms with Gasteiger partial charge in [-0.3, -0.25) is 28.8 Å². The number of fused-ring (bicyclic) bond motifs is 5. The number of anilines is 1. The molecular weight excluding hydrogens is 688 g/mol. The standard InChI is InChI=1S/C39H39ClN4O6S/c1-18-23-14-19(40)8-13-29(23)51-33(18)27-17-30(42(6)41-27)43-35(47)26-16-24-21(10-11-22-31(24)36(48)44(34(22)46)38(2,3)4)32(39(26,5)37(43)49)25-15-20(50-7)9-12-28(25)45/h8-10,12-15,17,22,24,26,31-32,45H,11,16H2,1-7H3. The Morgan fingerprint density at radius 2 is 1.76 bits per heavy atom. The van der Waals surface area contributed by atoms with Gasteiger partial charge in [0.25, 0.3) is 0 Å². The van der Waals surface area contributed by atoms with E-state index in [1.54, 1.807) is 48.2 Å². The van der Waals surface area contributed by atoms with Crippen molar-refractivity contribution < 1.29 is 29.0 Å². The number of carbonyl (C=O) groups is 4. The number of imide groups is 2. The van der Waals surface area contributed by atoms with Crippen LogP contribution in [-0.4, -0.2) is 56.1 Å². The van der Waals surface area contributed by atoms with Crippen molar-refractivity contribution in [1.29, 1.82) is 0 Å². The summed E-state index contributed by atoms with van der Waals surface area (Å²) in [6.45, 7) is 9.34. The number of likely N-dealkylation sites (tertiary alicyclic amines) is 1. The first-order valence-corrected chi connectivity index (χ1v) is 18.3. The largest absolute Gasteiger partial charge is 0.508 e. The number of aryl methyl sites for hydroxylation is 2.